The van der Waals surface area contributed by atoms with Crippen molar-refractivity contribution in [2.75, 3.05) is 11.9 Å². The zero-order chi connectivity index (χ0) is 11.1. The molecule has 0 radical (unpaired) electrons. The fourth-order valence-corrected chi connectivity index (χ4v) is 1.70. The number of hydrogen-bond donors (Lipinski definition) is 1. The van der Waals surface area contributed by atoms with Gasteiger partial charge in [0.25, 0.3) is 0 Å². The molecule has 0 aliphatic rings. The second-order valence-corrected chi connectivity index (χ2v) is 4.35. The third-order valence-electron chi connectivity index (χ3n) is 2.30. The van der Waals surface area contributed by atoms with Crippen molar-refractivity contribution in [2.24, 2.45) is 0 Å². The highest BCUT2D eigenvalue weighted by Gasteiger charge is 2.06. The molecule has 3 heteroatoms. The number of alkyl halides is 1. The molecular weight excluding hydrogens is 254 g/mol. The van der Waals surface area contributed by atoms with Gasteiger partial charge in [-0.2, -0.15) is 0 Å². The first-order valence-electron chi connectivity index (χ1n) is 5.11. The third kappa shape index (κ3) is 4.47. The molecule has 0 spiro atoms. The molecule has 0 aliphatic carbocycles. The molecule has 0 aliphatic heterocycles. The van der Waals surface area contributed by atoms with Crippen molar-refractivity contribution < 1.29 is 4.79 Å². The van der Waals surface area contributed by atoms with Crippen LogP contribution in [-0.2, 0) is 4.79 Å². The maximum Gasteiger partial charge on any atom is 0.220 e. The smallest absolute Gasteiger partial charge is 0.220 e. The highest BCUT2D eigenvalue weighted by atomic mass is 79.9. The van der Waals surface area contributed by atoms with E-state index in [0.717, 1.165) is 5.33 Å². The fourth-order valence-electron chi connectivity index (χ4n) is 1.34. The van der Waals surface area contributed by atoms with E-state index >= 15 is 0 Å². The van der Waals surface area contributed by atoms with Gasteiger partial charge in [0, 0.05) is 18.3 Å². The van der Waals surface area contributed by atoms with Crippen LogP contribution in [0.2, 0.25) is 0 Å². The van der Waals surface area contributed by atoms with E-state index in [4.69, 9.17) is 0 Å². The summed E-state index contributed by atoms with van der Waals surface area (Å²) in [6.07, 6.45) is 0.543. The molecule has 15 heavy (non-hydrogen) atoms. The molecule has 0 bridgehead atoms. The molecule has 1 aromatic carbocycles. The Kier molecular flexibility index (Phi) is 5.40. The van der Waals surface area contributed by atoms with E-state index in [1.807, 2.05) is 18.2 Å². The molecule has 2 nitrogen and oxygen atoms in total. The Hall–Kier alpha value is -0.830. The third-order valence-corrected chi connectivity index (χ3v) is 2.69. The van der Waals surface area contributed by atoms with E-state index < -0.39 is 0 Å². The van der Waals surface area contributed by atoms with Crippen molar-refractivity contribution in [3.63, 3.8) is 0 Å². The molecule has 1 unspecified atom stereocenters. The molecular formula is C12H16BrNO. The first kappa shape index (κ1) is 12.2. The lowest BCUT2D eigenvalue weighted by atomic mass is 10.0. The Balaban J connectivity index is 2.37. The monoisotopic (exact) mass is 269 g/mol. The Bertz CT molecular complexity index is 300. The normalized spacial score (nSPS) is 12.1. The number of amides is 1. The van der Waals surface area contributed by atoms with Crippen LogP contribution in [0.25, 0.3) is 0 Å². The second kappa shape index (κ2) is 6.62. The SMILES string of the molecule is CC(CNC(=O)CCBr)c1ccccc1. The van der Waals surface area contributed by atoms with Gasteiger partial charge in [0.2, 0.25) is 5.91 Å². The number of benzene rings is 1. The molecule has 0 fully saturated rings. The molecule has 0 aromatic heterocycles. The van der Waals surface area contributed by atoms with Gasteiger partial charge in [0.15, 0.2) is 0 Å². The maximum atomic E-state index is 11.2. The van der Waals surface area contributed by atoms with E-state index in [0.29, 0.717) is 18.9 Å². The Morgan fingerprint density at radius 3 is 2.67 bits per heavy atom. The lowest BCUT2D eigenvalue weighted by Crippen LogP contribution is -2.27. The first-order chi connectivity index (χ1) is 7.24. The van der Waals surface area contributed by atoms with Crippen LogP contribution in [-0.4, -0.2) is 17.8 Å². The minimum Gasteiger partial charge on any atom is -0.355 e. The quantitative estimate of drug-likeness (QED) is 0.819. The zero-order valence-electron chi connectivity index (χ0n) is 8.87. The molecule has 1 aromatic rings. The molecule has 1 N–H and O–H groups in total. The maximum absolute atomic E-state index is 11.2. The topological polar surface area (TPSA) is 29.1 Å². The van der Waals surface area contributed by atoms with Crippen molar-refractivity contribution in [3.05, 3.63) is 35.9 Å². The summed E-state index contributed by atoms with van der Waals surface area (Å²) in [7, 11) is 0. The fraction of sp³-hybridized carbons (Fsp3) is 0.417. The number of hydrogen-bond acceptors (Lipinski definition) is 1. The Morgan fingerprint density at radius 2 is 2.07 bits per heavy atom. The first-order valence-corrected chi connectivity index (χ1v) is 6.23. The average Bonchev–Trinajstić information content (AvgIpc) is 2.27. The van der Waals surface area contributed by atoms with E-state index in [1.165, 1.54) is 5.56 Å². The van der Waals surface area contributed by atoms with Gasteiger partial charge in [-0.05, 0) is 11.5 Å². The molecule has 1 atom stereocenters. The molecule has 0 saturated heterocycles. The van der Waals surface area contributed by atoms with Gasteiger partial charge in [-0.25, -0.2) is 0 Å². The van der Waals surface area contributed by atoms with Crippen LogP contribution in [0.5, 0.6) is 0 Å². The zero-order valence-corrected chi connectivity index (χ0v) is 10.5. The van der Waals surface area contributed by atoms with Gasteiger partial charge in [0.05, 0.1) is 0 Å². The van der Waals surface area contributed by atoms with Crippen LogP contribution >= 0.6 is 15.9 Å². The molecule has 0 heterocycles. The lowest BCUT2D eigenvalue weighted by molar-refractivity contribution is -0.120. The highest BCUT2D eigenvalue weighted by molar-refractivity contribution is 9.09. The summed E-state index contributed by atoms with van der Waals surface area (Å²) < 4.78 is 0. The molecule has 82 valence electrons. The van der Waals surface area contributed by atoms with Gasteiger partial charge in [-0.3, -0.25) is 4.79 Å². The summed E-state index contributed by atoms with van der Waals surface area (Å²) in [5, 5.41) is 3.63. The predicted octanol–water partition coefficient (Wildman–Crippen LogP) is 2.69. The van der Waals surface area contributed by atoms with Crippen molar-refractivity contribution in [1.82, 2.24) is 5.32 Å². The summed E-state index contributed by atoms with van der Waals surface area (Å²) in [4.78, 5) is 11.2. The summed E-state index contributed by atoms with van der Waals surface area (Å²) >= 11 is 3.24. The minimum atomic E-state index is 0.106. The van der Waals surface area contributed by atoms with Crippen LogP contribution in [0.15, 0.2) is 30.3 Å². The summed E-state index contributed by atoms with van der Waals surface area (Å²) in [6, 6.07) is 10.2. The van der Waals surface area contributed by atoms with Crippen molar-refractivity contribution >= 4 is 21.8 Å². The Labute approximate surface area is 99.2 Å². The van der Waals surface area contributed by atoms with Gasteiger partial charge in [-0.1, -0.05) is 53.2 Å². The van der Waals surface area contributed by atoms with Crippen molar-refractivity contribution in [3.8, 4) is 0 Å². The standard InChI is InChI=1S/C12H16BrNO/c1-10(9-14-12(15)7-8-13)11-5-3-2-4-6-11/h2-6,10H,7-9H2,1H3,(H,14,15). The van der Waals surface area contributed by atoms with Gasteiger partial charge >= 0.3 is 0 Å². The second-order valence-electron chi connectivity index (χ2n) is 3.55. The molecule has 0 saturated carbocycles. The average molecular weight is 270 g/mol. The summed E-state index contributed by atoms with van der Waals surface area (Å²) in [6.45, 7) is 2.82. The predicted molar refractivity (Wildman–Crippen MR) is 66.3 cm³/mol. The van der Waals surface area contributed by atoms with Gasteiger partial charge in [0.1, 0.15) is 0 Å². The van der Waals surface area contributed by atoms with Gasteiger partial charge < -0.3 is 5.32 Å². The highest BCUT2D eigenvalue weighted by Crippen LogP contribution is 2.12. The van der Waals surface area contributed by atoms with Gasteiger partial charge in [-0.15, -0.1) is 0 Å². The van der Waals surface area contributed by atoms with E-state index in [2.05, 4.69) is 40.3 Å². The number of nitrogens with one attached hydrogen (secondary N) is 1. The van der Waals surface area contributed by atoms with E-state index in [9.17, 15) is 4.79 Å². The number of carbonyl (C=O) groups excluding carboxylic acids is 1. The van der Waals surface area contributed by atoms with E-state index in [-0.39, 0.29) is 5.91 Å². The summed E-state index contributed by atoms with van der Waals surface area (Å²) in [5.74, 6) is 0.472. The lowest BCUT2D eigenvalue weighted by Gasteiger charge is -2.12. The summed E-state index contributed by atoms with van der Waals surface area (Å²) in [5.41, 5.74) is 1.26. The number of rotatable bonds is 5. The van der Waals surface area contributed by atoms with Crippen LogP contribution in [0.1, 0.15) is 24.8 Å². The minimum absolute atomic E-state index is 0.106. The van der Waals surface area contributed by atoms with Crippen LogP contribution < -0.4 is 5.32 Å². The van der Waals surface area contributed by atoms with Crippen molar-refractivity contribution in [2.45, 2.75) is 19.3 Å². The van der Waals surface area contributed by atoms with Crippen LogP contribution in [0.3, 0.4) is 0 Å². The van der Waals surface area contributed by atoms with Crippen LogP contribution in [0, 0.1) is 0 Å². The van der Waals surface area contributed by atoms with Crippen LogP contribution in [0.4, 0.5) is 0 Å². The number of halogens is 1. The van der Waals surface area contributed by atoms with Crippen molar-refractivity contribution in [1.29, 1.82) is 0 Å². The Morgan fingerprint density at radius 1 is 1.40 bits per heavy atom. The largest absolute Gasteiger partial charge is 0.355 e. The van der Waals surface area contributed by atoms with E-state index in [1.54, 1.807) is 0 Å². The molecule has 1 amide bonds. The number of carbonyl (C=O) groups is 1. The molecule has 1 rings (SSSR count).